The predicted octanol–water partition coefficient (Wildman–Crippen LogP) is 2.98. The summed E-state index contributed by atoms with van der Waals surface area (Å²) >= 11 is 0. The highest BCUT2D eigenvalue weighted by Gasteiger charge is 2.09. The van der Waals surface area contributed by atoms with E-state index in [1.807, 2.05) is 43.3 Å². The highest BCUT2D eigenvalue weighted by molar-refractivity contribution is 5.79. The lowest BCUT2D eigenvalue weighted by Crippen LogP contribution is -2.37. The fourth-order valence-electron chi connectivity index (χ4n) is 2.65. The van der Waals surface area contributed by atoms with E-state index in [4.69, 9.17) is 8.83 Å². The van der Waals surface area contributed by atoms with E-state index >= 15 is 0 Å². The Kier molecular flexibility index (Phi) is 5.65. The lowest BCUT2D eigenvalue weighted by atomic mass is 10.2. The van der Waals surface area contributed by atoms with Crippen LogP contribution in [0.25, 0.3) is 23.0 Å². The Morgan fingerprint density at radius 1 is 1.07 bits per heavy atom. The molecular formula is C20H21N7O2. The van der Waals surface area contributed by atoms with Gasteiger partial charge in [-0.2, -0.15) is 0 Å². The standard InChI is InChI=1S/C20H21N7O2/c1-2-21-20(23-12-17-25-18(27-26-17)16-9-6-10-28-16)22-11-15-13-29-19(24-15)14-7-4-3-5-8-14/h3-10,13H,2,11-12H2,1H3,(H2,21,22,23)(H,25,26,27). The molecule has 3 heterocycles. The fourth-order valence-corrected chi connectivity index (χ4v) is 2.65. The Morgan fingerprint density at radius 2 is 1.97 bits per heavy atom. The van der Waals surface area contributed by atoms with Crippen LogP contribution in [0.3, 0.4) is 0 Å². The molecule has 1 aromatic carbocycles. The van der Waals surface area contributed by atoms with Gasteiger partial charge in [0.1, 0.15) is 17.8 Å². The number of guanidine groups is 1. The monoisotopic (exact) mass is 391 g/mol. The molecule has 0 spiro atoms. The zero-order valence-electron chi connectivity index (χ0n) is 15.9. The van der Waals surface area contributed by atoms with Crippen molar-refractivity contribution < 1.29 is 8.83 Å². The molecule has 0 aliphatic carbocycles. The lowest BCUT2D eigenvalue weighted by Gasteiger charge is -2.09. The van der Waals surface area contributed by atoms with Crippen LogP contribution >= 0.6 is 0 Å². The number of aromatic amines is 1. The van der Waals surface area contributed by atoms with E-state index in [1.54, 1.807) is 18.6 Å². The third-order valence-corrected chi connectivity index (χ3v) is 4.01. The second-order valence-corrected chi connectivity index (χ2v) is 6.14. The molecule has 0 aliphatic rings. The number of furan rings is 1. The summed E-state index contributed by atoms with van der Waals surface area (Å²) in [5, 5.41) is 13.5. The van der Waals surface area contributed by atoms with Crippen molar-refractivity contribution in [1.82, 2.24) is 30.8 Å². The molecule has 0 atom stereocenters. The SMILES string of the molecule is CCNC(=NCc1coc(-c2ccccc2)n1)NCc1nc(-c2ccco2)n[nH]1. The molecule has 3 aromatic heterocycles. The van der Waals surface area contributed by atoms with Crippen molar-refractivity contribution in [3.63, 3.8) is 0 Å². The first kappa shape index (κ1) is 18.5. The number of aliphatic imine (C=N–C) groups is 1. The van der Waals surface area contributed by atoms with Gasteiger partial charge in [0, 0.05) is 12.1 Å². The number of aromatic nitrogens is 4. The average Bonchev–Trinajstić information content (AvgIpc) is 3.52. The van der Waals surface area contributed by atoms with Crippen molar-refractivity contribution in [2.24, 2.45) is 4.99 Å². The van der Waals surface area contributed by atoms with E-state index < -0.39 is 0 Å². The van der Waals surface area contributed by atoms with Gasteiger partial charge in [-0.05, 0) is 31.2 Å². The van der Waals surface area contributed by atoms with Crippen molar-refractivity contribution in [3.8, 4) is 23.0 Å². The smallest absolute Gasteiger partial charge is 0.226 e. The van der Waals surface area contributed by atoms with Crippen molar-refractivity contribution in [2.75, 3.05) is 6.54 Å². The van der Waals surface area contributed by atoms with Crippen LogP contribution in [-0.4, -0.2) is 32.7 Å². The summed E-state index contributed by atoms with van der Waals surface area (Å²) in [6, 6.07) is 13.4. The zero-order valence-corrected chi connectivity index (χ0v) is 15.9. The number of H-pyrrole nitrogens is 1. The number of rotatable bonds is 7. The summed E-state index contributed by atoms with van der Waals surface area (Å²) in [6.45, 7) is 3.56. The Labute approximate surface area is 167 Å². The summed E-state index contributed by atoms with van der Waals surface area (Å²) in [7, 11) is 0. The maximum absolute atomic E-state index is 5.56. The Hall–Kier alpha value is -3.88. The Balaban J connectivity index is 1.37. The maximum atomic E-state index is 5.56. The van der Waals surface area contributed by atoms with Crippen molar-refractivity contribution >= 4 is 5.96 Å². The van der Waals surface area contributed by atoms with Crippen LogP contribution in [0, 0.1) is 0 Å². The summed E-state index contributed by atoms with van der Waals surface area (Å²) in [6.07, 6.45) is 3.22. The van der Waals surface area contributed by atoms with Crippen molar-refractivity contribution in [2.45, 2.75) is 20.0 Å². The van der Waals surface area contributed by atoms with Gasteiger partial charge in [0.2, 0.25) is 11.7 Å². The van der Waals surface area contributed by atoms with Gasteiger partial charge in [-0.25, -0.2) is 15.0 Å². The van der Waals surface area contributed by atoms with Crippen LogP contribution in [0.2, 0.25) is 0 Å². The van der Waals surface area contributed by atoms with E-state index in [1.165, 1.54) is 0 Å². The first-order valence-electron chi connectivity index (χ1n) is 9.29. The average molecular weight is 391 g/mol. The predicted molar refractivity (Wildman–Crippen MR) is 108 cm³/mol. The quantitative estimate of drug-likeness (QED) is 0.327. The van der Waals surface area contributed by atoms with Gasteiger partial charge in [0.15, 0.2) is 11.7 Å². The van der Waals surface area contributed by atoms with E-state index in [2.05, 4.69) is 35.8 Å². The largest absolute Gasteiger partial charge is 0.461 e. The molecule has 4 aromatic rings. The Morgan fingerprint density at radius 3 is 2.76 bits per heavy atom. The molecule has 0 amide bonds. The van der Waals surface area contributed by atoms with Crippen LogP contribution in [0.4, 0.5) is 0 Å². The van der Waals surface area contributed by atoms with Crippen LogP contribution in [0.15, 0.2) is 68.8 Å². The van der Waals surface area contributed by atoms with Gasteiger partial charge in [-0.15, -0.1) is 5.10 Å². The third-order valence-electron chi connectivity index (χ3n) is 4.01. The molecule has 148 valence electrons. The molecule has 0 bridgehead atoms. The lowest BCUT2D eigenvalue weighted by molar-refractivity contribution is 0.572. The highest BCUT2D eigenvalue weighted by Crippen LogP contribution is 2.18. The van der Waals surface area contributed by atoms with Crippen LogP contribution in [0.5, 0.6) is 0 Å². The summed E-state index contributed by atoms with van der Waals surface area (Å²) in [5.74, 6) is 3.04. The van der Waals surface area contributed by atoms with Gasteiger partial charge >= 0.3 is 0 Å². The second-order valence-electron chi connectivity index (χ2n) is 6.14. The van der Waals surface area contributed by atoms with Crippen molar-refractivity contribution in [3.05, 3.63) is 66.5 Å². The number of benzene rings is 1. The fraction of sp³-hybridized carbons (Fsp3) is 0.200. The number of nitrogens with zero attached hydrogens (tertiary/aromatic N) is 4. The van der Waals surface area contributed by atoms with Crippen molar-refractivity contribution in [1.29, 1.82) is 0 Å². The van der Waals surface area contributed by atoms with E-state index in [9.17, 15) is 0 Å². The molecule has 0 fully saturated rings. The molecule has 4 rings (SSSR count). The van der Waals surface area contributed by atoms with Gasteiger partial charge in [-0.3, -0.25) is 5.10 Å². The maximum Gasteiger partial charge on any atom is 0.226 e. The topological polar surface area (TPSA) is 117 Å². The van der Waals surface area contributed by atoms with Gasteiger partial charge in [-0.1, -0.05) is 18.2 Å². The van der Waals surface area contributed by atoms with E-state index in [0.29, 0.717) is 42.3 Å². The van der Waals surface area contributed by atoms with Crippen LogP contribution in [-0.2, 0) is 13.1 Å². The van der Waals surface area contributed by atoms with Gasteiger partial charge in [0.25, 0.3) is 0 Å². The second kappa shape index (κ2) is 8.87. The number of oxazole rings is 1. The molecule has 0 aliphatic heterocycles. The first-order chi connectivity index (χ1) is 14.3. The van der Waals surface area contributed by atoms with Gasteiger partial charge < -0.3 is 19.5 Å². The van der Waals surface area contributed by atoms with E-state index in [0.717, 1.165) is 17.8 Å². The van der Waals surface area contributed by atoms with Crippen LogP contribution < -0.4 is 10.6 Å². The summed E-state index contributed by atoms with van der Waals surface area (Å²) in [5.41, 5.74) is 1.69. The molecule has 9 nitrogen and oxygen atoms in total. The molecule has 0 radical (unpaired) electrons. The summed E-state index contributed by atoms with van der Waals surface area (Å²) < 4.78 is 10.9. The van der Waals surface area contributed by atoms with Crippen LogP contribution in [0.1, 0.15) is 18.4 Å². The number of nitrogens with one attached hydrogen (secondary N) is 3. The molecule has 0 saturated heterocycles. The minimum absolute atomic E-state index is 0.389. The molecule has 9 heteroatoms. The molecule has 0 saturated carbocycles. The number of hydrogen-bond acceptors (Lipinski definition) is 6. The first-order valence-corrected chi connectivity index (χ1v) is 9.29. The molecular weight excluding hydrogens is 370 g/mol. The van der Waals surface area contributed by atoms with E-state index in [-0.39, 0.29) is 0 Å². The molecule has 29 heavy (non-hydrogen) atoms. The molecule has 0 unspecified atom stereocenters. The highest BCUT2D eigenvalue weighted by atomic mass is 16.3. The van der Waals surface area contributed by atoms with Gasteiger partial charge in [0.05, 0.1) is 19.4 Å². The zero-order chi connectivity index (χ0) is 19.9. The molecule has 3 N–H and O–H groups in total. The minimum Gasteiger partial charge on any atom is -0.461 e. The Bertz CT molecular complexity index is 1050. The summed E-state index contributed by atoms with van der Waals surface area (Å²) in [4.78, 5) is 13.5. The number of hydrogen-bond donors (Lipinski definition) is 3. The normalized spacial score (nSPS) is 11.6. The third kappa shape index (κ3) is 4.70. The minimum atomic E-state index is 0.389.